The predicted octanol–water partition coefficient (Wildman–Crippen LogP) is 7.04. The summed E-state index contributed by atoms with van der Waals surface area (Å²) in [5.41, 5.74) is 5.57. The maximum Gasteiger partial charge on any atom is 0.223 e. The summed E-state index contributed by atoms with van der Waals surface area (Å²) in [6, 6.07) is 7.73. The first-order chi connectivity index (χ1) is 15.8. The van der Waals surface area contributed by atoms with E-state index in [1.165, 1.54) is 6.42 Å². The van der Waals surface area contributed by atoms with Gasteiger partial charge < -0.3 is 15.5 Å². The van der Waals surface area contributed by atoms with E-state index in [1.54, 1.807) is 6.07 Å². The highest BCUT2D eigenvalue weighted by molar-refractivity contribution is 5.87. The summed E-state index contributed by atoms with van der Waals surface area (Å²) < 4.78 is 0. The summed E-state index contributed by atoms with van der Waals surface area (Å²) in [6.07, 6.45) is 9.18. The number of phenols is 2. The number of aromatic hydroxyl groups is 2. The van der Waals surface area contributed by atoms with E-state index < -0.39 is 0 Å². The first-order valence-electron chi connectivity index (χ1n) is 12.4. The zero-order valence-electron chi connectivity index (χ0n) is 20.5. The molecule has 3 rings (SSSR count). The fourth-order valence-corrected chi connectivity index (χ4v) is 4.92. The molecule has 0 spiro atoms. The molecule has 2 aromatic carbocycles. The Hall–Kier alpha value is -2.75. The number of nitrogens with one attached hydrogen (secondary N) is 1. The van der Waals surface area contributed by atoms with Gasteiger partial charge in [-0.25, -0.2) is 0 Å². The molecule has 3 N–H and O–H groups in total. The SMILES string of the molecule is C=C(C)c1ccc(C)cc1-c1c(O)cc(CCCCC)c(CNC(=O)C2CCCCC2)c1O. The third-order valence-electron chi connectivity index (χ3n) is 6.85. The van der Waals surface area contributed by atoms with Crippen LogP contribution in [0.3, 0.4) is 0 Å². The van der Waals surface area contributed by atoms with Gasteiger partial charge in [0.1, 0.15) is 11.5 Å². The summed E-state index contributed by atoms with van der Waals surface area (Å²) in [4.78, 5) is 12.8. The van der Waals surface area contributed by atoms with Crippen LogP contribution in [0.25, 0.3) is 16.7 Å². The molecule has 2 aromatic rings. The molecule has 1 aliphatic carbocycles. The fraction of sp³-hybridized carbons (Fsp3) is 0.483. The van der Waals surface area contributed by atoms with E-state index in [4.69, 9.17) is 0 Å². The molecule has 33 heavy (non-hydrogen) atoms. The van der Waals surface area contributed by atoms with Gasteiger partial charge in [-0.2, -0.15) is 0 Å². The number of amides is 1. The summed E-state index contributed by atoms with van der Waals surface area (Å²) >= 11 is 0. The first-order valence-corrected chi connectivity index (χ1v) is 12.4. The van der Waals surface area contributed by atoms with E-state index in [-0.39, 0.29) is 29.9 Å². The number of allylic oxidation sites excluding steroid dienone is 1. The van der Waals surface area contributed by atoms with Crippen LogP contribution in [0.1, 0.15) is 87.5 Å². The molecule has 1 saturated carbocycles. The summed E-state index contributed by atoms with van der Waals surface area (Å²) in [5.74, 6) is 0.252. The first kappa shape index (κ1) is 24.9. The molecule has 0 aliphatic heterocycles. The molecule has 0 atom stereocenters. The smallest absolute Gasteiger partial charge is 0.223 e. The van der Waals surface area contributed by atoms with Gasteiger partial charge in [0.25, 0.3) is 0 Å². The molecule has 0 heterocycles. The van der Waals surface area contributed by atoms with Crippen molar-refractivity contribution in [1.29, 1.82) is 0 Å². The van der Waals surface area contributed by atoms with Gasteiger partial charge in [0.05, 0.1) is 5.56 Å². The van der Waals surface area contributed by atoms with Gasteiger partial charge >= 0.3 is 0 Å². The summed E-state index contributed by atoms with van der Waals surface area (Å²) in [6.45, 7) is 10.4. The molecule has 0 aromatic heterocycles. The highest BCUT2D eigenvalue weighted by Crippen LogP contribution is 2.44. The van der Waals surface area contributed by atoms with Crippen molar-refractivity contribution in [2.45, 2.75) is 85.1 Å². The Morgan fingerprint density at radius 3 is 2.52 bits per heavy atom. The number of hydrogen-bond donors (Lipinski definition) is 3. The Kier molecular flexibility index (Phi) is 8.60. The molecule has 0 unspecified atom stereocenters. The molecule has 0 saturated heterocycles. The normalized spacial score (nSPS) is 14.3. The van der Waals surface area contributed by atoms with Crippen LogP contribution in [0.4, 0.5) is 0 Å². The Bertz CT molecular complexity index is 1000. The Morgan fingerprint density at radius 1 is 1.12 bits per heavy atom. The van der Waals surface area contributed by atoms with Gasteiger partial charge in [-0.15, -0.1) is 0 Å². The number of hydrogen-bond acceptors (Lipinski definition) is 3. The molecule has 1 aliphatic rings. The molecule has 178 valence electrons. The van der Waals surface area contributed by atoms with Crippen LogP contribution < -0.4 is 5.32 Å². The Balaban J connectivity index is 2.01. The zero-order chi connectivity index (χ0) is 24.0. The van der Waals surface area contributed by atoms with Crippen molar-refractivity contribution in [3.05, 3.63) is 53.1 Å². The summed E-state index contributed by atoms with van der Waals surface area (Å²) in [5, 5.41) is 25.5. The zero-order valence-corrected chi connectivity index (χ0v) is 20.5. The molecular weight excluding hydrogens is 410 g/mol. The van der Waals surface area contributed by atoms with Crippen molar-refractivity contribution in [3.8, 4) is 22.6 Å². The predicted molar refractivity (Wildman–Crippen MR) is 136 cm³/mol. The van der Waals surface area contributed by atoms with Crippen molar-refractivity contribution in [1.82, 2.24) is 5.32 Å². The van der Waals surface area contributed by atoms with Gasteiger partial charge in [-0.1, -0.05) is 74.9 Å². The monoisotopic (exact) mass is 449 g/mol. The number of rotatable bonds is 9. The van der Waals surface area contributed by atoms with E-state index in [9.17, 15) is 15.0 Å². The average molecular weight is 450 g/mol. The van der Waals surface area contributed by atoms with Gasteiger partial charge in [0.2, 0.25) is 5.91 Å². The molecule has 0 bridgehead atoms. The number of carbonyl (C=O) groups is 1. The number of carbonyl (C=O) groups excluding carboxylic acids is 1. The lowest BCUT2D eigenvalue weighted by Crippen LogP contribution is -2.31. The second kappa shape index (κ2) is 11.4. The average Bonchev–Trinajstić information content (AvgIpc) is 2.79. The lowest BCUT2D eigenvalue weighted by Gasteiger charge is -2.23. The molecule has 4 nitrogen and oxygen atoms in total. The van der Waals surface area contributed by atoms with Crippen molar-refractivity contribution >= 4 is 11.5 Å². The maximum absolute atomic E-state index is 12.8. The van der Waals surface area contributed by atoms with Crippen LogP contribution >= 0.6 is 0 Å². The van der Waals surface area contributed by atoms with Crippen molar-refractivity contribution in [3.63, 3.8) is 0 Å². The van der Waals surface area contributed by atoms with Crippen LogP contribution in [0.15, 0.2) is 30.8 Å². The van der Waals surface area contributed by atoms with E-state index in [2.05, 4.69) is 18.8 Å². The number of unbranched alkanes of at least 4 members (excludes halogenated alkanes) is 2. The fourth-order valence-electron chi connectivity index (χ4n) is 4.92. The van der Waals surface area contributed by atoms with Crippen LogP contribution in [0, 0.1) is 12.8 Å². The number of phenolic OH excluding ortho intramolecular Hbond substituents is 2. The molecule has 0 radical (unpaired) electrons. The maximum atomic E-state index is 12.8. The highest BCUT2D eigenvalue weighted by Gasteiger charge is 2.24. The van der Waals surface area contributed by atoms with E-state index in [1.807, 2.05) is 32.0 Å². The van der Waals surface area contributed by atoms with E-state index in [0.717, 1.165) is 79.2 Å². The topological polar surface area (TPSA) is 69.6 Å². The van der Waals surface area contributed by atoms with Crippen LogP contribution in [0.2, 0.25) is 0 Å². The second-order valence-corrected chi connectivity index (χ2v) is 9.60. The van der Waals surface area contributed by atoms with Gasteiger partial charge in [0, 0.05) is 18.0 Å². The third kappa shape index (κ3) is 5.98. The number of aryl methyl sites for hydroxylation is 2. The van der Waals surface area contributed by atoms with Gasteiger partial charge in [-0.3, -0.25) is 4.79 Å². The van der Waals surface area contributed by atoms with Crippen molar-refractivity contribution in [2.75, 3.05) is 0 Å². The quantitative estimate of drug-likeness (QED) is 0.360. The largest absolute Gasteiger partial charge is 0.507 e. The van der Waals surface area contributed by atoms with E-state index in [0.29, 0.717) is 11.1 Å². The molecule has 1 fully saturated rings. The van der Waals surface area contributed by atoms with Crippen LogP contribution in [-0.4, -0.2) is 16.1 Å². The third-order valence-corrected chi connectivity index (χ3v) is 6.85. The standard InChI is InChI=1S/C29H39NO3/c1-5-6-8-13-22-17-26(31)27(24-16-20(4)14-15-23(24)19(2)3)28(32)25(22)18-30-29(33)21-11-9-7-10-12-21/h14-17,21,31-32H,2,5-13,18H2,1,3-4H3,(H,30,33). The lowest BCUT2D eigenvalue weighted by atomic mass is 9.88. The minimum atomic E-state index is 0.0542. The summed E-state index contributed by atoms with van der Waals surface area (Å²) in [7, 11) is 0. The van der Waals surface area contributed by atoms with Gasteiger partial charge in [0.15, 0.2) is 0 Å². The number of benzene rings is 2. The second-order valence-electron chi connectivity index (χ2n) is 9.60. The van der Waals surface area contributed by atoms with Gasteiger partial charge in [-0.05, 0) is 62.3 Å². The molecule has 4 heteroatoms. The molecule has 1 amide bonds. The van der Waals surface area contributed by atoms with Crippen LogP contribution in [-0.2, 0) is 17.8 Å². The van der Waals surface area contributed by atoms with Crippen LogP contribution in [0.5, 0.6) is 11.5 Å². The highest BCUT2D eigenvalue weighted by atomic mass is 16.3. The van der Waals surface area contributed by atoms with Crippen molar-refractivity contribution < 1.29 is 15.0 Å². The minimum absolute atomic E-state index is 0.0542. The molecular formula is C29H39NO3. The lowest BCUT2D eigenvalue weighted by molar-refractivity contribution is -0.126. The Labute approximate surface area is 198 Å². The Morgan fingerprint density at radius 2 is 1.85 bits per heavy atom. The van der Waals surface area contributed by atoms with E-state index >= 15 is 0 Å². The van der Waals surface area contributed by atoms with Crippen molar-refractivity contribution in [2.24, 2.45) is 5.92 Å². The minimum Gasteiger partial charge on any atom is -0.507 e.